The number of hydrogen-bond acceptors (Lipinski definition) is 4. The molecule has 0 unspecified atom stereocenters. The van der Waals surface area contributed by atoms with Crippen LogP contribution in [0.2, 0.25) is 0 Å². The minimum atomic E-state index is 0.120. The Labute approximate surface area is 125 Å². The predicted molar refractivity (Wildman–Crippen MR) is 85.0 cm³/mol. The van der Waals surface area contributed by atoms with Crippen LogP contribution in [-0.4, -0.2) is 10.5 Å². The molecule has 1 N–H and O–H groups in total. The summed E-state index contributed by atoms with van der Waals surface area (Å²) in [5.74, 6) is 0.614. The van der Waals surface area contributed by atoms with Crippen molar-refractivity contribution >= 4 is 11.3 Å². The van der Waals surface area contributed by atoms with Gasteiger partial charge >= 0.3 is 0 Å². The van der Waals surface area contributed by atoms with Crippen LogP contribution >= 0.6 is 11.3 Å². The molecule has 0 saturated carbocycles. The Morgan fingerprint density at radius 1 is 1.35 bits per heavy atom. The molecule has 0 aliphatic carbocycles. The summed E-state index contributed by atoms with van der Waals surface area (Å²) >= 11 is 1.77. The van der Waals surface area contributed by atoms with Crippen LogP contribution in [0.3, 0.4) is 0 Å². The van der Waals surface area contributed by atoms with Gasteiger partial charge in [0.1, 0.15) is 11.3 Å². The third-order valence-electron chi connectivity index (χ3n) is 2.93. The maximum atomic E-state index is 5.16. The largest absolute Gasteiger partial charge is 0.472 e. The number of nitrogens with one attached hydrogen (secondary N) is 1. The molecule has 0 spiro atoms. The number of nitrogens with zero attached hydrogens (tertiary/aromatic N) is 1. The van der Waals surface area contributed by atoms with Crippen LogP contribution in [0.15, 0.2) is 23.0 Å². The highest BCUT2D eigenvalue weighted by atomic mass is 32.1. The van der Waals surface area contributed by atoms with Crippen molar-refractivity contribution in [3.8, 4) is 10.6 Å². The summed E-state index contributed by atoms with van der Waals surface area (Å²) in [5.41, 5.74) is 2.41. The maximum Gasteiger partial charge on any atom is 0.127 e. The summed E-state index contributed by atoms with van der Waals surface area (Å²) in [6.07, 6.45) is 4.49. The van der Waals surface area contributed by atoms with Crippen LogP contribution in [0.5, 0.6) is 0 Å². The Hall–Kier alpha value is -1.13. The summed E-state index contributed by atoms with van der Waals surface area (Å²) in [6.45, 7) is 11.9. The Kier molecular flexibility index (Phi) is 4.66. The quantitative estimate of drug-likeness (QED) is 0.882. The van der Waals surface area contributed by atoms with E-state index in [1.54, 1.807) is 23.9 Å². The van der Waals surface area contributed by atoms with Gasteiger partial charge in [-0.1, -0.05) is 13.8 Å². The van der Waals surface area contributed by atoms with Gasteiger partial charge in [0.25, 0.3) is 0 Å². The van der Waals surface area contributed by atoms with Crippen molar-refractivity contribution in [2.45, 2.75) is 53.1 Å². The molecular weight excluding hydrogens is 268 g/mol. The Bertz CT molecular complexity index is 535. The number of furan rings is 1. The second-order valence-corrected chi connectivity index (χ2v) is 7.69. The molecule has 0 fully saturated rings. The lowest BCUT2D eigenvalue weighted by atomic mass is 10.1. The van der Waals surface area contributed by atoms with E-state index in [9.17, 15) is 0 Å². The fourth-order valence-corrected chi connectivity index (χ4v) is 2.94. The second kappa shape index (κ2) is 6.10. The molecule has 2 aromatic rings. The van der Waals surface area contributed by atoms with Crippen molar-refractivity contribution in [3.05, 3.63) is 29.2 Å². The Morgan fingerprint density at radius 3 is 2.65 bits per heavy atom. The van der Waals surface area contributed by atoms with Gasteiger partial charge in [-0.3, -0.25) is 0 Å². The Balaban J connectivity index is 2.23. The molecule has 3 nitrogen and oxygen atoms in total. The van der Waals surface area contributed by atoms with Crippen LogP contribution in [-0.2, 0) is 13.0 Å². The number of thiazole rings is 1. The number of rotatable bonds is 5. The molecule has 0 radical (unpaired) electrons. The van der Waals surface area contributed by atoms with E-state index in [4.69, 9.17) is 9.40 Å². The van der Waals surface area contributed by atoms with Gasteiger partial charge in [-0.05, 0) is 39.2 Å². The van der Waals surface area contributed by atoms with E-state index in [0.717, 1.165) is 23.5 Å². The van der Waals surface area contributed by atoms with Gasteiger partial charge in [-0.25, -0.2) is 4.98 Å². The van der Waals surface area contributed by atoms with E-state index >= 15 is 0 Å². The predicted octanol–water partition coefficient (Wildman–Crippen LogP) is 4.49. The van der Waals surface area contributed by atoms with Crippen LogP contribution in [0.1, 0.15) is 45.2 Å². The highest BCUT2D eigenvalue weighted by Gasteiger charge is 2.16. The van der Waals surface area contributed by atoms with Crippen molar-refractivity contribution in [1.82, 2.24) is 10.3 Å². The van der Waals surface area contributed by atoms with Gasteiger partial charge in [-0.2, -0.15) is 0 Å². The van der Waals surface area contributed by atoms with E-state index in [1.165, 1.54) is 10.6 Å². The minimum absolute atomic E-state index is 0.120. The third kappa shape index (κ3) is 4.18. The van der Waals surface area contributed by atoms with Crippen molar-refractivity contribution in [2.75, 3.05) is 0 Å². The van der Waals surface area contributed by atoms with Crippen molar-refractivity contribution in [3.63, 3.8) is 0 Å². The van der Waals surface area contributed by atoms with Crippen molar-refractivity contribution in [1.29, 1.82) is 0 Å². The summed E-state index contributed by atoms with van der Waals surface area (Å²) in [4.78, 5) is 6.15. The average Bonchev–Trinajstić information content (AvgIpc) is 2.93. The highest BCUT2D eigenvalue weighted by Crippen LogP contribution is 2.30. The van der Waals surface area contributed by atoms with E-state index in [1.807, 2.05) is 6.07 Å². The van der Waals surface area contributed by atoms with E-state index in [2.05, 4.69) is 39.9 Å². The first kappa shape index (κ1) is 15.3. The zero-order chi connectivity index (χ0) is 14.8. The van der Waals surface area contributed by atoms with E-state index in [0.29, 0.717) is 5.92 Å². The molecule has 2 heterocycles. The van der Waals surface area contributed by atoms with Gasteiger partial charge in [-0.15, -0.1) is 11.3 Å². The third-order valence-corrected chi connectivity index (χ3v) is 4.07. The first-order valence-electron chi connectivity index (χ1n) is 7.11. The first-order valence-corrected chi connectivity index (χ1v) is 7.93. The van der Waals surface area contributed by atoms with Gasteiger partial charge in [0.2, 0.25) is 0 Å². The molecular formula is C16H24N2OS. The van der Waals surface area contributed by atoms with Crippen LogP contribution in [0, 0.1) is 5.92 Å². The lowest BCUT2D eigenvalue weighted by Gasteiger charge is -2.20. The summed E-state index contributed by atoms with van der Waals surface area (Å²) < 4.78 is 5.16. The number of hydrogen-bond donors (Lipinski definition) is 1. The molecule has 0 saturated heterocycles. The van der Waals surface area contributed by atoms with Gasteiger partial charge < -0.3 is 9.73 Å². The molecule has 0 amide bonds. The van der Waals surface area contributed by atoms with Crippen LogP contribution in [0.25, 0.3) is 10.6 Å². The van der Waals surface area contributed by atoms with Gasteiger partial charge in [0.05, 0.1) is 12.0 Å². The van der Waals surface area contributed by atoms with Crippen molar-refractivity contribution < 1.29 is 4.42 Å². The zero-order valence-corrected chi connectivity index (χ0v) is 13.8. The summed E-state index contributed by atoms with van der Waals surface area (Å²) in [6, 6.07) is 1.97. The molecule has 20 heavy (non-hydrogen) atoms. The Morgan fingerprint density at radius 2 is 2.10 bits per heavy atom. The molecule has 4 heteroatoms. The SMILES string of the molecule is CC(C)Cc1nc(-c2ccoc2)sc1CNC(C)(C)C. The molecule has 0 aromatic carbocycles. The van der Waals surface area contributed by atoms with E-state index in [-0.39, 0.29) is 5.54 Å². The smallest absolute Gasteiger partial charge is 0.127 e. The topological polar surface area (TPSA) is 38.1 Å². The second-order valence-electron chi connectivity index (χ2n) is 6.60. The molecule has 2 aromatic heterocycles. The number of aromatic nitrogens is 1. The van der Waals surface area contributed by atoms with Crippen LogP contribution < -0.4 is 5.32 Å². The highest BCUT2D eigenvalue weighted by molar-refractivity contribution is 7.15. The standard InChI is InChI=1S/C16H24N2OS/c1-11(2)8-13-14(9-17-16(3,4)5)20-15(18-13)12-6-7-19-10-12/h6-7,10-11,17H,8-9H2,1-5H3. The monoisotopic (exact) mass is 292 g/mol. The maximum absolute atomic E-state index is 5.16. The van der Waals surface area contributed by atoms with Gasteiger partial charge in [0, 0.05) is 22.5 Å². The fraction of sp³-hybridized carbons (Fsp3) is 0.562. The zero-order valence-electron chi connectivity index (χ0n) is 13.0. The van der Waals surface area contributed by atoms with Gasteiger partial charge in [0.15, 0.2) is 0 Å². The molecule has 0 aliphatic rings. The molecule has 2 rings (SSSR count). The molecule has 0 atom stereocenters. The summed E-state index contributed by atoms with van der Waals surface area (Å²) in [5, 5.41) is 4.61. The summed E-state index contributed by atoms with van der Waals surface area (Å²) in [7, 11) is 0. The lowest BCUT2D eigenvalue weighted by Crippen LogP contribution is -2.35. The lowest BCUT2D eigenvalue weighted by molar-refractivity contribution is 0.425. The minimum Gasteiger partial charge on any atom is -0.472 e. The molecule has 110 valence electrons. The van der Waals surface area contributed by atoms with Crippen molar-refractivity contribution in [2.24, 2.45) is 5.92 Å². The normalized spacial score (nSPS) is 12.3. The molecule has 0 bridgehead atoms. The van der Waals surface area contributed by atoms with E-state index < -0.39 is 0 Å². The average molecular weight is 292 g/mol. The first-order chi connectivity index (χ1) is 9.35. The fourth-order valence-electron chi connectivity index (χ4n) is 1.92. The molecule has 0 aliphatic heterocycles. The van der Waals surface area contributed by atoms with Crippen LogP contribution in [0.4, 0.5) is 0 Å².